The molecule has 0 bridgehead atoms. The van der Waals surface area contributed by atoms with Gasteiger partial charge in [-0.3, -0.25) is 0 Å². The summed E-state index contributed by atoms with van der Waals surface area (Å²) in [5, 5.41) is 12.7. The first-order valence-electron chi connectivity index (χ1n) is 4.94. The van der Waals surface area contributed by atoms with Gasteiger partial charge < -0.3 is 16.2 Å². The van der Waals surface area contributed by atoms with Gasteiger partial charge in [0.1, 0.15) is 5.75 Å². The van der Waals surface area contributed by atoms with Gasteiger partial charge >= 0.3 is 0 Å². The van der Waals surface area contributed by atoms with E-state index in [-0.39, 0.29) is 5.75 Å². The van der Waals surface area contributed by atoms with Gasteiger partial charge in [-0.1, -0.05) is 6.07 Å². The number of hydrogen-bond donors (Lipinski definition) is 3. The number of phenols is 1. The van der Waals surface area contributed by atoms with E-state index in [9.17, 15) is 5.11 Å². The van der Waals surface area contributed by atoms with Crippen LogP contribution in [-0.4, -0.2) is 10.1 Å². The zero-order valence-corrected chi connectivity index (χ0v) is 8.94. The molecule has 2 rings (SSSR count). The van der Waals surface area contributed by atoms with E-state index in [1.54, 1.807) is 30.5 Å². The van der Waals surface area contributed by atoms with E-state index in [2.05, 4.69) is 10.3 Å². The minimum absolute atomic E-state index is 0.185. The third-order valence-electron chi connectivity index (χ3n) is 2.25. The fraction of sp³-hybridized carbons (Fsp3) is 0.0833. The highest BCUT2D eigenvalue weighted by Gasteiger charge is 2.04. The third kappa shape index (κ3) is 2.06. The first-order chi connectivity index (χ1) is 7.66. The monoisotopic (exact) mass is 215 g/mol. The lowest BCUT2D eigenvalue weighted by molar-refractivity contribution is 0.477. The molecule has 4 heteroatoms. The maximum atomic E-state index is 9.71. The van der Waals surface area contributed by atoms with Crippen LogP contribution >= 0.6 is 0 Å². The number of nitrogens with zero attached hydrogens (tertiary/aromatic N) is 1. The standard InChI is InChI=1S/C12H13N3O/c1-8-4-5-10(11(16)7-8)15-12-9(13)3-2-6-14-12/h2-7,16H,13H2,1H3,(H,14,15). The number of nitrogen functional groups attached to an aromatic ring is 1. The van der Waals surface area contributed by atoms with Crippen LogP contribution < -0.4 is 11.1 Å². The molecule has 0 saturated heterocycles. The summed E-state index contributed by atoms with van der Waals surface area (Å²) in [5.74, 6) is 0.728. The molecular weight excluding hydrogens is 202 g/mol. The summed E-state index contributed by atoms with van der Waals surface area (Å²) in [7, 11) is 0. The average molecular weight is 215 g/mol. The van der Waals surface area contributed by atoms with E-state index in [4.69, 9.17) is 5.73 Å². The molecule has 1 aromatic heterocycles. The van der Waals surface area contributed by atoms with Crippen molar-refractivity contribution >= 4 is 17.2 Å². The molecule has 16 heavy (non-hydrogen) atoms. The Morgan fingerprint density at radius 1 is 1.31 bits per heavy atom. The smallest absolute Gasteiger partial charge is 0.153 e. The Labute approximate surface area is 93.8 Å². The van der Waals surface area contributed by atoms with Gasteiger partial charge in [-0.15, -0.1) is 0 Å². The average Bonchev–Trinajstić information content (AvgIpc) is 2.25. The Kier molecular flexibility index (Phi) is 2.64. The van der Waals surface area contributed by atoms with Crippen LogP contribution in [0.4, 0.5) is 17.2 Å². The predicted octanol–water partition coefficient (Wildman–Crippen LogP) is 2.42. The maximum Gasteiger partial charge on any atom is 0.153 e. The van der Waals surface area contributed by atoms with Crippen LogP contribution in [0.3, 0.4) is 0 Å². The van der Waals surface area contributed by atoms with Crippen molar-refractivity contribution in [1.29, 1.82) is 0 Å². The molecule has 0 radical (unpaired) electrons. The van der Waals surface area contributed by atoms with Crippen LogP contribution in [0.5, 0.6) is 5.75 Å². The largest absolute Gasteiger partial charge is 0.506 e. The zero-order valence-electron chi connectivity index (χ0n) is 8.94. The summed E-state index contributed by atoms with van der Waals surface area (Å²) in [5.41, 5.74) is 7.88. The van der Waals surface area contributed by atoms with Crippen molar-refractivity contribution in [2.75, 3.05) is 11.1 Å². The number of hydrogen-bond acceptors (Lipinski definition) is 4. The van der Waals surface area contributed by atoms with Crippen LogP contribution in [-0.2, 0) is 0 Å². The first-order valence-corrected chi connectivity index (χ1v) is 4.94. The highest BCUT2D eigenvalue weighted by Crippen LogP contribution is 2.28. The van der Waals surface area contributed by atoms with Crippen molar-refractivity contribution in [3.63, 3.8) is 0 Å². The molecule has 0 aliphatic rings. The summed E-state index contributed by atoms with van der Waals surface area (Å²) in [6.07, 6.45) is 1.64. The van der Waals surface area contributed by atoms with Gasteiger partial charge in [0.2, 0.25) is 0 Å². The van der Waals surface area contributed by atoms with Gasteiger partial charge in [0.15, 0.2) is 5.82 Å². The molecule has 4 N–H and O–H groups in total. The topological polar surface area (TPSA) is 71.2 Å². The van der Waals surface area contributed by atoms with E-state index in [0.29, 0.717) is 17.2 Å². The van der Waals surface area contributed by atoms with Crippen LogP contribution in [0.2, 0.25) is 0 Å². The van der Waals surface area contributed by atoms with Crippen molar-refractivity contribution in [1.82, 2.24) is 4.98 Å². The van der Waals surface area contributed by atoms with Crippen molar-refractivity contribution in [3.05, 3.63) is 42.1 Å². The lowest BCUT2D eigenvalue weighted by Gasteiger charge is -2.09. The number of nitrogens with one attached hydrogen (secondary N) is 1. The molecule has 1 heterocycles. The number of aryl methyl sites for hydroxylation is 1. The summed E-state index contributed by atoms with van der Waals surface area (Å²) >= 11 is 0. The number of aromatic nitrogens is 1. The van der Waals surface area contributed by atoms with Crippen LogP contribution in [0.1, 0.15) is 5.56 Å². The Morgan fingerprint density at radius 2 is 2.12 bits per heavy atom. The second kappa shape index (κ2) is 4.10. The number of rotatable bonds is 2. The third-order valence-corrected chi connectivity index (χ3v) is 2.25. The van der Waals surface area contributed by atoms with Crippen molar-refractivity contribution in [2.24, 2.45) is 0 Å². The quantitative estimate of drug-likeness (QED) is 0.673. The Morgan fingerprint density at radius 3 is 2.81 bits per heavy atom. The number of phenolic OH excluding ortho intramolecular Hbond substituents is 1. The molecule has 0 fully saturated rings. The lowest BCUT2D eigenvalue weighted by Crippen LogP contribution is -1.98. The van der Waals surface area contributed by atoms with Crippen molar-refractivity contribution in [3.8, 4) is 5.75 Å². The molecule has 1 aromatic carbocycles. The van der Waals surface area contributed by atoms with Crippen LogP contribution in [0.25, 0.3) is 0 Å². The van der Waals surface area contributed by atoms with Crippen molar-refractivity contribution in [2.45, 2.75) is 6.92 Å². The summed E-state index contributed by atoms with van der Waals surface area (Å²) < 4.78 is 0. The summed E-state index contributed by atoms with van der Waals surface area (Å²) in [6, 6.07) is 8.89. The Hall–Kier alpha value is -2.23. The molecule has 0 atom stereocenters. The Balaban J connectivity index is 2.31. The SMILES string of the molecule is Cc1ccc(Nc2ncccc2N)c(O)c1. The van der Waals surface area contributed by atoms with Crippen LogP contribution in [0.15, 0.2) is 36.5 Å². The minimum Gasteiger partial charge on any atom is -0.506 e. The molecule has 2 aromatic rings. The van der Waals surface area contributed by atoms with E-state index in [1.165, 1.54) is 0 Å². The fourth-order valence-electron chi connectivity index (χ4n) is 1.40. The molecule has 82 valence electrons. The van der Waals surface area contributed by atoms with Crippen molar-refractivity contribution < 1.29 is 5.11 Å². The van der Waals surface area contributed by atoms with Gasteiger partial charge in [-0.05, 0) is 36.8 Å². The second-order valence-electron chi connectivity index (χ2n) is 3.59. The van der Waals surface area contributed by atoms with E-state index in [1.807, 2.05) is 13.0 Å². The molecule has 4 nitrogen and oxygen atoms in total. The fourth-order valence-corrected chi connectivity index (χ4v) is 1.40. The summed E-state index contributed by atoms with van der Waals surface area (Å²) in [6.45, 7) is 1.92. The molecular formula is C12H13N3O. The number of pyridine rings is 1. The maximum absolute atomic E-state index is 9.71. The molecule has 0 saturated carbocycles. The summed E-state index contributed by atoms with van der Waals surface area (Å²) in [4.78, 5) is 4.09. The van der Waals surface area contributed by atoms with E-state index < -0.39 is 0 Å². The zero-order chi connectivity index (χ0) is 11.5. The van der Waals surface area contributed by atoms with E-state index >= 15 is 0 Å². The Bertz CT molecular complexity index is 511. The lowest BCUT2D eigenvalue weighted by atomic mass is 10.2. The molecule has 0 spiro atoms. The predicted molar refractivity (Wildman–Crippen MR) is 64.8 cm³/mol. The normalized spacial score (nSPS) is 10.1. The van der Waals surface area contributed by atoms with Gasteiger partial charge in [0.25, 0.3) is 0 Å². The minimum atomic E-state index is 0.185. The number of aromatic hydroxyl groups is 1. The molecule has 0 aliphatic carbocycles. The van der Waals surface area contributed by atoms with Crippen LogP contribution in [0, 0.1) is 6.92 Å². The highest BCUT2D eigenvalue weighted by atomic mass is 16.3. The van der Waals surface area contributed by atoms with Gasteiger partial charge in [0.05, 0.1) is 11.4 Å². The van der Waals surface area contributed by atoms with Gasteiger partial charge in [-0.25, -0.2) is 4.98 Å². The molecule has 0 amide bonds. The molecule has 0 aliphatic heterocycles. The first kappa shape index (κ1) is 10.3. The van der Waals surface area contributed by atoms with Gasteiger partial charge in [0, 0.05) is 6.20 Å². The molecule has 0 unspecified atom stereocenters. The highest BCUT2D eigenvalue weighted by molar-refractivity contribution is 5.71. The number of benzene rings is 1. The number of anilines is 3. The second-order valence-corrected chi connectivity index (χ2v) is 3.59. The van der Waals surface area contributed by atoms with E-state index in [0.717, 1.165) is 5.56 Å². The number of nitrogens with two attached hydrogens (primary N) is 1. The van der Waals surface area contributed by atoms with Gasteiger partial charge in [-0.2, -0.15) is 0 Å².